The second-order valence-corrected chi connectivity index (χ2v) is 15.9. The lowest BCUT2D eigenvalue weighted by Crippen LogP contribution is -2.08. The molecule has 0 fully saturated rings. The smallest absolute Gasteiger partial charge is 0.309 e. The molecule has 4 nitrogen and oxygen atoms in total. The van der Waals surface area contributed by atoms with E-state index in [4.69, 9.17) is 9.97 Å². The van der Waals surface area contributed by atoms with Crippen molar-refractivity contribution < 1.29 is 13.2 Å². The van der Waals surface area contributed by atoms with Crippen molar-refractivity contribution in [2.24, 2.45) is 0 Å². The summed E-state index contributed by atoms with van der Waals surface area (Å²) in [6, 6.07) is 61.1. The first kappa shape index (κ1) is 37.2. The number of aromatic nitrogens is 4. The highest BCUT2D eigenvalue weighted by Gasteiger charge is 2.32. The quantitative estimate of drug-likeness (QED) is 0.168. The number of nitrogens with zero attached hydrogens (tertiary/aromatic N) is 4. The summed E-state index contributed by atoms with van der Waals surface area (Å²) in [5, 5.41) is 4.11. The SMILES string of the molecule is Cc1ccc2c(c1)c1ccccc1n2-c1cc(-c2cc(-c3ccccc3)nc(-c3ccccc3)n2)ccc1-c1ccc(C(F)(F)F)cc1-n1c2ccccc2c2cc(C)ccc21. The Labute approximate surface area is 355 Å². The van der Waals surface area contributed by atoms with Crippen LogP contribution < -0.4 is 0 Å². The second-order valence-electron chi connectivity index (χ2n) is 15.9. The molecule has 11 aromatic rings. The van der Waals surface area contributed by atoms with Gasteiger partial charge in [-0.05, 0) is 74.5 Å². The Morgan fingerprint density at radius 1 is 0.387 bits per heavy atom. The molecule has 0 N–H and O–H groups in total. The van der Waals surface area contributed by atoms with Crippen LogP contribution in [-0.4, -0.2) is 19.1 Å². The van der Waals surface area contributed by atoms with Gasteiger partial charge in [0.25, 0.3) is 0 Å². The highest BCUT2D eigenvalue weighted by molar-refractivity contribution is 6.12. The molecule has 0 atom stereocenters. The van der Waals surface area contributed by atoms with E-state index < -0.39 is 11.7 Å². The van der Waals surface area contributed by atoms with Gasteiger partial charge in [-0.3, -0.25) is 0 Å². The van der Waals surface area contributed by atoms with Crippen molar-refractivity contribution >= 4 is 43.6 Å². The zero-order chi connectivity index (χ0) is 42.1. The number of benzene rings is 8. The van der Waals surface area contributed by atoms with Crippen molar-refractivity contribution in [2.75, 3.05) is 0 Å². The Balaban J connectivity index is 1.25. The van der Waals surface area contributed by atoms with Crippen LogP contribution in [0.5, 0.6) is 0 Å². The molecule has 3 heterocycles. The molecule has 0 saturated heterocycles. The van der Waals surface area contributed by atoms with Crippen molar-refractivity contribution in [3.63, 3.8) is 0 Å². The number of para-hydroxylation sites is 2. The summed E-state index contributed by atoms with van der Waals surface area (Å²) >= 11 is 0. The van der Waals surface area contributed by atoms with Crippen molar-refractivity contribution in [1.82, 2.24) is 19.1 Å². The van der Waals surface area contributed by atoms with Crippen LogP contribution in [0.15, 0.2) is 188 Å². The van der Waals surface area contributed by atoms with Crippen molar-refractivity contribution in [1.29, 1.82) is 0 Å². The second kappa shape index (κ2) is 14.5. The van der Waals surface area contributed by atoms with E-state index in [2.05, 4.69) is 54.0 Å². The van der Waals surface area contributed by atoms with Gasteiger partial charge in [0.2, 0.25) is 0 Å². The molecule has 0 aliphatic heterocycles. The Morgan fingerprint density at radius 3 is 1.42 bits per heavy atom. The summed E-state index contributed by atoms with van der Waals surface area (Å²) < 4.78 is 48.7. The Morgan fingerprint density at radius 2 is 0.855 bits per heavy atom. The first-order valence-electron chi connectivity index (χ1n) is 20.6. The topological polar surface area (TPSA) is 35.6 Å². The van der Waals surface area contributed by atoms with Gasteiger partial charge in [0.05, 0.1) is 50.4 Å². The molecule has 298 valence electrons. The third-order valence-electron chi connectivity index (χ3n) is 11.9. The molecule has 0 saturated carbocycles. The molecule has 7 heteroatoms. The first-order valence-corrected chi connectivity index (χ1v) is 20.6. The Kier molecular flexibility index (Phi) is 8.68. The maximum Gasteiger partial charge on any atom is 0.416 e. The monoisotopic (exact) mass is 810 g/mol. The third-order valence-corrected chi connectivity index (χ3v) is 11.9. The lowest BCUT2D eigenvalue weighted by atomic mass is 9.96. The van der Waals surface area contributed by atoms with Crippen molar-refractivity contribution in [3.05, 3.63) is 205 Å². The van der Waals surface area contributed by atoms with Crippen LogP contribution in [0.25, 0.3) is 100 Å². The minimum Gasteiger partial charge on any atom is -0.309 e. The number of aryl methyl sites for hydroxylation is 2. The van der Waals surface area contributed by atoms with Gasteiger partial charge < -0.3 is 9.13 Å². The summed E-state index contributed by atoms with van der Waals surface area (Å²) in [6.45, 7) is 4.12. The number of rotatable bonds is 6. The molecule has 0 radical (unpaired) electrons. The third kappa shape index (κ3) is 6.24. The van der Waals surface area contributed by atoms with E-state index >= 15 is 0 Å². The van der Waals surface area contributed by atoms with E-state index in [-0.39, 0.29) is 0 Å². The van der Waals surface area contributed by atoms with E-state index in [1.54, 1.807) is 6.07 Å². The summed E-state index contributed by atoms with van der Waals surface area (Å²) in [4.78, 5) is 10.2. The van der Waals surface area contributed by atoms with Crippen molar-refractivity contribution in [3.8, 4) is 56.4 Å². The summed E-state index contributed by atoms with van der Waals surface area (Å²) in [7, 11) is 0. The molecule has 0 unspecified atom stereocenters. The average molecular weight is 811 g/mol. The Bertz CT molecular complexity index is 3470. The zero-order valence-corrected chi connectivity index (χ0v) is 33.8. The number of halogens is 3. The maximum absolute atomic E-state index is 14.8. The van der Waals surface area contributed by atoms with E-state index in [0.717, 1.165) is 88.4 Å². The molecule has 0 aliphatic carbocycles. The molecular formula is C55H37F3N4. The van der Waals surface area contributed by atoms with Gasteiger partial charge >= 0.3 is 6.18 Å². The zero-order valence-electron chi connectivity index (χ0n) is 33.8. The van der Waals surface area contributed by atoms with Gasteiger partial charge in [-0.2, -0.15) is 13.2 Å². The van der Waals surface area contributed by atoms with Crippen molar-refractivity contribution in [2.45, 2.75) is 20.0 Å². The largest absolute Gasteiger partial charge is 0.416 e. The minimum absolute atomic E-state index is 0.431. The van der Waals surface area contributed by atoms with Gasteiger partial charge in [0, 0.05) is 49.4 Å². The van der Waals surface area contributed by atoms with E-state index in [9.17, 15) is 13.2 Å². The van der Waals surface area contributed by atoms with E-state index in [1.807, 2.05) is 139 Å². The fraction of sp³-hybridized carbons (Fsp3) is 0.0545. The molecule has 8 aromatic carbocycles. The van der Waals surface area contributed by atoms with Gasteiger partial charge in [0.15, 0.2) is 5.82 Å². The van der Waals surface area contributed by atoms with Crippen LogP contribution in [0.1, 0.15) is 16.7 Å². The van der Waals surface area contributed by atoms with Gasteiger partial charge in [-0.15, -0.1) is 0 Å². The molecule has 0 spiro atoms. The number of alkyl halides is 3. The molecule has 0 bridgehead atoms. The van der Waals surface area contributed by atoms with Gasteiger partial charge in [-0.25, -0.2) is 9.97 Å². The predicted octanol–water partition coefficient (Wildman–Crippen LogP) is 15.0. The summed E-state index contributed by atoms with van der Waals surface area (Å²) in [5.74, 6) is 0.589. The molecule has 0 aliphatic rings. The molecule has 11 rings (SSSR count). The minimum atomic E-state index is -4.57. The fourth-order valence-corrected chi connectivity index (χ4v) is 8.99. The Hall–Kier alpha value is -7.77. The molecule has 62 heavy (non-hydrogen) atoms. The molecule has 3 aromatic heterocycles. The fourth-order valence-electron chi connectivity index (χ4n) is 8.99. The van der Waals surface area contributed by atoms with E-state index in [1.165, 1.54) is 12.1 Å². The first-order chi connectivity index (χ1) is 30.2. The van der Waals surface area contributed by atoms with Gasteiger partial charge in [-0.1, -0.05) is 139 Å². The van der Waals surface area contributed by atoms with Crippen LogP contribution in [0.3, 0.4) is 0 Å². The van der Waals surface area contributed by atoms with Crippen LogP contribution in [0.2, 0.25) is 0 Å². The average Bonchev–Trinajstić information content (AvgIpc) is 3.80. The lowest BCUT2D eigenvalue weighted by molar-refractivity contribution is -0.137. The molecular weight excluding hydrogens is 774 g/mol. The highest BCUT2D eigenvalue weighted by atomic mass is 19.4. The normalized spacial score (nSPS) is 12.0. The summed E-state index contributed by atoms with van der Waals surface area (Å²) in [5.41, 5.74) is 11.9. The van der Waals surface area contributed by atoms with Crippen LogP contribution in [-0.2, 0) is 6.18 Å². The van der Waals surface area contributed by atoms with E-state index in [0.29, 0.717) is 22.8 Å². The predicted molar refractivity (Wildman–Crippen MR) is 247 cm³/mol. The standard InChI is InChI=1S/C55H37F3N4/c1-34-21-27-50-44(29-34)40-17-9-11-19-48(40)61(50)52-31-38(47-33-46(36-13-5-3-6-14-36)59-54(60-47)37-15-7-4-8-16-37)23-25-42(52)43-26-24-39(55(56,57)58)32-53(43)62-49-20-12-10-18-41(49)45-30-35(2)22-28-51(45)62/h3-33H,1-2H3. The lowest BCUT2D eigenvalue weighted by Gasteiger charge is -2.21. The number of hydrogen-bond acceptors (Lipinski definition) is 2. The maximum atomic E-state index is 14.8. The summed E-state index contributed by atoms with van der Waals surface area (Å²) in [6.07, 6.45) is -4.57. The van der Waals surface area contributed by atoms with Crippen LogP contribution >= 0.6 is 0 Å². The number of fused-ring (bicyclic) bond motifs is 6. The molecule has 0 amide bonds. The van der Waals surface area contributed by atoms with Crippen LogP contribution in [0, 0.1) is 13.8 Å². The number of hydrogen-bond donors (Lipinski definition) is 0. The van der Waals surface area contributed by atoms with Gasteiger partial charge in [0.1, 0.15) is 0 Å². The highest BCUT2D eigenvalue weighted by Crippen LogP contribution is 2.44. The van der Waals surface area contributed by atoms with Crippen LogP contribution in [0.4, 0.5) is 13.2 Å².